The van der Waals surface area contributed by atoms with Crippen LogP contribution in [0.3, 0.4) is 0 Å². The molecule has 134 valence electrons. The molecule has 2 aromatic rings. The molecule has 1 aromatic carbocycles. The number of nitrogens with one attached hydrogen (secondary N) is 2. The quantitative estimate of drug-likeness (QED) is 0.807. The van der Waals surface area contributed by atoms with E-state index in [1.807, 2.05) is 19.1 Å². The van der Waals surface area contributed by atoms with E-state index in [4.69, 9.17) is 4.74 Å². The second-order valence-corrected chi connectivity index (χ2v) is 6.34. The highest BCUT2D eigenvalue weighted by Crippen LogP contribution is 2.19. The first kappa shape index (κ1) is 17.6. The van der Waals surface area contributed by atoms with Crippen LogP contribution in [0.15, 0.2) is 36.4 Å². The van der Waals surface area contributed by atoms with E-state index in [0.717, 1.165) is 56.9 Å². The minimum absolute atomic E-state index is 0.191. The number of aromatic nitrogens is 2. The first-order chi connectivity index (χ1) is 12.2. The Hall–Kier alpha value is -2.18. The number of ether oxygens (including phenoxy) is 1. The molecule has 0 spiro atoms. The lowest BCUT2D eigenvalue weighted by molar-refractivity contribution is 0.0398. The Labute approximate surface area is 149 Å². The molecule has 3 rings (SSSR count). The molecular formula is C19H27N5O. The van der Waals surface area contributed by atoms with Crippen LogP contribution in [0.4, 0.5) is 11.6 Å². The van der Waals surface area contributed by atoms with Crippen LogP contribution in [0.5, 0.6) is 0 Å². The van der Waals surface area contributed by atoms with Crippen LogP contribution < -0.4 is 10.6 Å². The van der Waals surface area contributed by atoms with Crippen molar-refractivity contribution in [3.8, 4) is 0 Å². The van der Waals surface area contributed by atoms with Crippen LogP contribution >= 0.6 is 0 Å². The lowest BCUT2D eigenvalue weighted by Gasteiger charge is -2.26. The van der Waals surface area contributed by atoms with Gasteiger partial charge in [-0.3, -0.25) is 4.90 Å². The number of morpholine rings is 1. The maximum absolute atomic E-state index is 5.38. The number of anilines is 2. The van der Waals surface area contributed by atoms with Crippen LogP contribution in [0.1, 0.15) is 24.4 Å². The van der Waals surface area contributed by atoms with Crippen molar-refractivity contribution in [1.29, 1.82) is 0 Å². The van der Waals surface area contributed by atoms with Crippen molar-refractivity contribution in [3.63, 3.8) is 0 Å². The van der Waals surface area contributed by atoms with Crippen LogP contribution in [0, 0.1) is 6.92 Å². The highest BCUT2D eigenvalue weighted by atomic mass is 16.5. The Kier molecular flexibility index (Phi) is 6.19. The van der Waals surface area contributed by atoms with E-state index in [-0.39, 0.29) is 6.04 Å². The van der Waals surface area contributed by atoms with E-state index in [0.29, 0.717) is 0 Å². The normalized spacial score (nSPS) is 16.4. The zero-order chi connectivity index (χ0) is 17.5. The average Bonchev–Trinajstić information content (AvgIpc) is 2.63. The van der Waals surface area contributed by atoms with Crippen molar-refractivity contribution in [2.75, 3.05) is 50.0 Å². The number of benzene rings is 1. The number of nitrogens with zero attached hydrogens (tertiary/aromatic N) is 3. The lowest BCUT2D eigenvalue weighted by Crippen LogP contribution is -2.39. The molecule has 1 fully saturated rings. The summed E-state index contributed by atoms with van der Waals surface area (Å²) in [4.78, 5) is 11.4. The third-order valence-corrected chi connectivity index (χ3v) is 4.34. The van der Waals surface area contributed by atoms with Crippen molar-refractivity contribution in [1.82, 2.24) is 14.9 Å². The molecule has 1 saturated heterocycles. The summed E-state index contributed by atoms with van der Waals surface area (Å²) < 4.78 is 5.38. The maximum atomic E-state index is 5.38. The molecule has 1 unspecified atom stereocenters. The van der Waals surface area contributed by atoms with Gasteiger partial charge >= 0.3 is 0 Å². The number of hydrogen-bond acceptors (Lipinski definition) is 6. The molecular weight excluding hydrogens is 314 g/mol. The van der Waals surface area contributed by atoms with Crippen LogP contribution in [-0.2, 0) is 4.74 Å². The predicted molar refractivity (Wildman–Crippen MR) is 101 cm³/mol. The van der Waals surface area contributed by atoms with Crippen molar-refractivity contribution in [2.45, 2.75) is 19.9 Å². The minimum Gasteiger partial charge on any atom is -0.379 e. The van der Waals surface area contributed by atoms with Gasteiger partial charge in [0.2, 0.25) is 0 Å². The van der Waals surface area contributed by atoms with Crippen molar-refractivity contribution in [2.24, 2.45) is 0 Å². The first-order valence-electron chi connectivity index (χ1n) is 8.92. The van der Waals surface area contributed by atoms with Gasteiger partial charge in [0.05, 0.1) is 13.2 Å². The van der Waals surface area contributed by atoms with Gasteiger partial charge in [-0.25, -0.2) is 9.97 Å². The Morgan fingerprint density at radius 2 is 1.84 bits per heavy atom. The van der Waals surface area contributed by atoms with Gasteiger partial charge in [0.1, 0.15) is 17.5 Å². The van der Waals surface area contributed by atoms with Gasteiger partial charge in [-0.1, -0.05) is 30.3 Å². The van der Waals surface area contributed by atoms with Crippen molar-refractivity contribution < 1.29 is 4.74 Å². The molecule has 0 saturated carbocycles. The fraction of sp³-hybridized carbons (Fsp3) is 0.474. The van der Waals surface area contributed by atoms with Gasteiger partial charge < -0.3 is 15.4 Å². The molecule has 0 radical (unpaired) electrons. The maximum Gasteiger partial charge on any atom is 0.132 e. The summed E-state index contributed by atoms with van der Waals surface area (Å²) in [6.07, 6.45) is 0. The summed E-state index contributed by atoms with van der Waals surface area (Å²) in [5, 5.41) is 6.87. The van der Waals surface area contributed by atoms with Gasteiger partial charge in [-0.05, 0) is 19.4 Å². The van der Waals surface area contributed by atoms with Gasteiger partial charge in [-0.2, -0.15) is 0 Å². The monoisotopic (exact) mass is 341 g/mol. The molecule has 0 amide bonds. The fourth-order valence-electron chi connectivity index (χ4n) is 2.95. The van der Waals surface area contributed by atoms with E-state index in [1.54, 1.807) is 0 Å². The second kappa shape index (κ2) is 8.78. The molecule has 1 aromatic heterocycles. The summed E-state index contributed by atoms with van der Waals surface area (Å²) in [7, 11) is 0. The first-order valence-corrected chi connectivity index (χ1v) is 8.92. The Balaban J connectivity index is 1.56. The number of hydrogen-bond donors (Lipinski definition) is 2. The van der Waals surface area contributed by atoms with E-state index in [9.17, 15) is 0 Å². The number of rotatable bonds is 7. The molecule has 25 heavy (non-hydrogen) atoms. The standard InChI is InChI=1S/C19H27N5O/c1-15(17-6-4-3-5-7-17)21-19-14-18(22-16(2)23-19)20-8-9-24-10-12-25-13-11-24/h3-7,14-15H,8-13H2,1-2H3,(H2,20,21,22,23). The smallest absolute Gasteiger partial charge is 0.132 e. The third kappa shape index (κ3) is 5.41. The van der Waals surface area contributed by atoms with Crippen LogP contribution in [0.25, 0.3) is 0 Å². The van der Waals surface area contributed by atoms with E-state index in [1.165, 1.54) is 5.56 Å². The summed E-state index contributed by atoms with van der Waals surface area (Å²) in [5.41, 5.74) is 1.24. The summed E-state index contributed by atoms with van der Waals surface area (Å²) in [6, 6.07) is 12.5. The van der Waals surface area contributed by atoms with Crippen molar-refractivity contribution in [3.05, 3.63) is 47.8 Å². The van der Waals surface area contributed by atoms with Crippen molar-refractivity contribution >= 4 is 11.6 Å². The molecule has 1 atom stereocenters. The SMILES string of the molecule is Cc1nc(NCCN2CCOCC2)cc(NC(C)c2ccccc2)n1. The van der Waals surface area contributed by atoms with Gasteiger partial charge in [0, 0.05) is 38.3 Å². The largest absolute Gasteiger partial charge is 0.379 e. The molecule has 2 heterocycles. The Morgan fingerprint density at radius 1 is 1.12 bits per heavy atom. The predicted octanol–water partition coefficient (Wildman–Crippen LogP) is 2.70. The second-order valence-electron chi connectivity index (χ2n) is 6.34. The van der Waals surface area contributed by atoms with Crippen LogP contribution in [0.2, 0.25) is 0 Å². The minimum atomic E-state index is 0.191. The Morgan fingerprint density at radius 3 is 2.60 bits per heavy atom. The molecule has 6 heteroatoms. The topological polar surface area (TPSA) is 62.3 Å². The van der Waals surface area contributed by atoms with Gasteiger partial charge in [0.25, 0.3) is 0 Å². The van der Waals surface area contributed by atoms with E-state index < -0.39 is 0 Å². The summed E-state index contributed by atoms with van der Waals surface area (Å²) in [5.74, 6) is 2.47. The molecule has 2 N–H and O–H groups in total. The van der Waals surface area contributed by atoms with Gasteiger partial charge in [-0.15, -0.1) is 0 Å². The average molecular weight is 341 g/mol. The molecule has 1 aliphatic heterocycles. The zero-order valence-electron chi connectivity index (χ0n) is 15.0. The zero-order valence-corrected chi connectivity index (χ0v) is 15.0. The fourth-order valence-corrected chi connectivity index (χ4v) is 2.95. The number of aryl methyl sites for hydroxylation is 1. The third-order valence-electron chi connectivity index (χ3n) is 4.34. The molecule has 6 nitrogen and oxygen atoms in total. The van der Waals surface area contributed by atoms with E-state index in [2.05, 4.69) is 56.7 Å². The molecule has 1 aliphatic rings. The Bertz CT molecular complexity index is 658. The molecule has 0 aliphatic carbocycles. The lowest BCUT2D eigenvalue weighted by atomic mass is 10.1. The van der Waals surface area contributed by atoms with E-state index >= 15 is 0 Å². The van der Waals surface area contributed by atoms with Gasteiger partial charge in [0.15, 0.2) is 0 Å². The summed E-state index contributed by atoms with van der Waals surface area (Å²) in [6.45, 7) is 9.59. The summed E-state index contributed by atoms with van der Waals surface area (Å²) >= 11 is 0. The van der Waals surface area contributed by atoms with Crippen LogP contribution in [-0.4, -0.2) is 54.3 Å². The molecule has 0 bridgehead atoms. The highest BCUT2D eigenvalue weighted by Gasteiger charge is 2.10. The highest BCUT2D eigenvalue weighted by molar-refractivity contribution is 5.48.